The number of carboxylic acid groups (broad SMARTS) is 1. The normalized spacial score (nSPS) is 21.9. The molecule has 169 valence electrons. The van der Waals surface area contributed by atoms with Crippen LogP contribution in [-0.4, -0.2) is 50.8 Å². The fourth-order valence-electron chi connectivity index (χ4n) is 4.87. The van der Waals surface area contributed by atoms with Crippen LogP contribution >= 0.6 is 0 Å². The summed E-state index contributed by atoms with van der Waals surface area (Å²) in [6.45, 7) is 16.8. The molecule has 1 heterocycles. The van der Waals surface area contributed by atoms with Crippen LogP contribution in [0.3, 0.4) is 0 Å². The van der Waals surface area contributed by atoms with Crippen molar-refractivity contribution >= 4 is 15.0 Å². The van der Waals surface area contributed by atoms with Gasteiger partial charge in [-0.2, -0.15) is 0 Å². The Morgan fingerprint density at radius 3 is 2.37 bits per heavy atom. The Balaban J connectivity index is 2.42. The van der Waals surface area contributed by atoms with Gasteiger partial charge in [-0.1, -0.05) is 46.8 Å². The summed E-state index contributed by atoms with van der Waals surface area (Å²) in [5.74, 6) is -0.650. The number of hydrogen-bond donors (Lipinski definition) is 1. The van der Waals surface area contributed by atoms with Gasteiger partial charge in [-0.05, 0) is 49.0 Å². The van der Waals surface area contributed by atoms with Crippen LogP contribution in [0, 0.1) is 22.6 Å². The number of hydrogen-bond acceptors (Lipinski definition) is 3. The predicted octanol–water partition coefficient (Wildman–Crippen LogP) is 5.41. The van der Waals surface area contributed by atoms with Crippen LogP contribution in [0.5, 0.6) is 0 Å². The van der Waals surface area contributed by atoms with Crippen LogP contribution in [0.1, 0.15) is 58.9 Å². The molecule has 30 heavy (non-hydrogen) atoms. The molecule has 2 rings (SSSR count). The average Bonchev–Trinajstić information content (AvgIpc) is 3.06. The molecule has 6 heteroatoms. The molecule has 0 bridgehead atoms. The number of carbonyl (C=O) groups is 1. The maximum Gasteiger partial charge on any atom is 0.310 e. The molecular weight excluding hydrogens is 397 g/mol. The Labute approximate surface area is 183 Å². The molecule has 0 saturated carbocycles. The van der Waals surface area contributed by atoms with E-state index in [2.05, 4.69) is 38.8 Å². The van der Waals surface area contributed by atoms with Gasteiger partial charge in [0.1, 0.15) is 5.82 Å². The fraction of sp³-hybridized carbons (Fsp3) is 0.708. The third-order valence-electron chi connectivity index (χ3n) is 6.66. The van der Waals surface area contributed by atoms with Crippen molar-refractivity contribution in [1.82, 2.24) is 4.90 Å². The molecule has 1 N–H and O–H groups in total. The van der Waals surface area contributed by atoms with Gasteiger partial charge in [-0.3, -0.25) is 4.79 Å². The number of likely N-dealkylation sites (tertiary alicyclic amines) is 1. The first-order valence-corrected chi connectivity index (χ1v) is 13.5. The van der Waals surface area contributed by atoms with Crippen LogP contribution in [-0.2, 0) is 9.22 Å². The van der Waals surface area contributed by atoms with Crippen molar-refractivity contribution in [3.8, 4) is 0 Å². The van der Waals surface area contributed by atoms with Gasteiger partial charge in [0.25, 0.3) is 0 Å². The van der Waals surface area contributed by atoms with Gasteiger partial charge in [-0.15, -0.1) is 0 Å². The molecule has 1 aromatic carbocycles. The van der Waals surface area contributed by atoms with Crippen LogP contribution in [0.4, 0.5) is 4.39 Å². The van der Waals surface area contributed by atoms with Gasteiger partial charge >= 0.3 is 5.97 Å². The molecule has 1 radical (unpaired) electrons. The number of rotatable bonds is 9. The number of benzene rings is 1. The van der Waals surface area contributed by atoms with E-state index in [9.17, 15) is 14.3 Å². The molecule has 4 nitrogen and oxygen atoms in total. The van der Waals surface area contributed by atoms with Crippen molar-refractivity contribution in [2.45, 2.75) is 72.6 Å². The zero-order valence-corrected chi connectivity index (χ0v) is 20.7. The molecule has 3 atom stereocenters. The maximum atomic E-state index is 14.1. The van der Waals surface area contributed by atoms with E-state index in [4.69, 9.17) is 4.43 Å². The summed E-state index contributed by atoms with van der Waals surface area (Å²) in [5, 5.41) is 9.93. The van der Waals surface area contributed by atoms with Crippen molar-refractivity contribution in [2.75, 3.05) is 19.6 Å². The van der Waals surface area contributed by atoms with E-state index in [1.54, 1.807) is 12.1 Å². The van der Waals surface area contributed by atoms with Gasteiger partial charge in [0.05, 0.1) is 11.5 Å². The zero-order valence-electron chi connectivity index (χ0n) is 19.7. The molecule has 1 aliphatic heterocycles. The molecule has 1 fully saturated rings. The highest BCUT2D eigenvalue weighted by atomic mass is 28.3. The summed E-state index contributed by atoms with van der Waals surface area (Å²) < 4.78 is 20.6. The summed E-state index contributed by atoms with van der Waals surface area (Å²) in [6, 6.07) is 6.88. The summed E-state index contributed by atoms with van der Waals surface area (Å²) in [4.78, 5) is 14.4. The van der Waals surface area contributed by atoms with E-state index >= 15 is 0 Å². The molecule has 1 saturated heterocycles. The molecule has 0 amide bonds. The van der Waals surface area contributed by atoms with E-state index in [-0.39, 0.29) is 29.2 Å². The standard InChI is InChI=1S/C24H39FNO3Si/c1-8-24(9-2,22(27)28)16-26-14-19(17-11-10-12-18(25)13-17)20(15-26)21(23(3,4)5)29-30(6)7/h10-13,19-21H,8-9,14-16H2,1-7H3,(H,27,28)/t19-,20+,21?/m1/s1. The number of nitrogens with zero attached hydrogens (tertiary/aromatic N) is 1. The lowest BCUT2D eigenvalue weighted by Gasteiger charge is -2.39. The van der Waals surface area contributed by atoms with Gasteiger partial charge < -0.3 is 14.4 Å². The Hall–Kier alpha value is -1.24. The van der Waals surface area contributed by atoms with Crippen molar-refractivity contribution in [3.05, 3.63) is 35.6 Å². The third kappa shape index (κ3) is 5.71. The first-order chi connectivity index (χ1) is 13.9. The Bertz CT molecular complexity index is 715. The fourth-order valence-corrected chi connectivity index (χ4v) is 5.91. The first kappa shape index (κ1) is 25.0. The zero-order chi connectivity index (χ0) is 22.7. The smallest absolute Gasteiger partial charge is 0.310 e. The second-order valence-corrected chi connectivity index (χ2v) is 12.2. The lowest BCUT2D eigenvalue weighted by Crippen LogP contribution is -2.44. The Kier molecular flexibility index (Phi) is 8.27. The number of halogens is 1. The van der Waals surface area contributed by atoms with E-state index in [0.29, 0.717) is 19.4 Å². The monoisotopic (exact) mass is 436 g/mol. The minimum atomic E-state index is -0.926. The van der Waals surface area contributed by atoms with Gasteiger partial charge in [0.2, 0.25) is 9.04 Å². The van der Waals surface area contributed by atoms with E-state index in [1.165, 1.54) is 6.07 Å². The second-order valence-electron chi connectivity index (χ2n) is 10.1. The molecule has 1 unspecified atom stereocenters. The van der Waals surface area contributed by atoms with E-state index in [0.717, 1.165) is 18.7 Å². The van der Waals surface area contributed by atoms with Crippen LogP contribution in [0.25, 0.3) is 0 Å². The quantitative estimate of drug-likeness (QED) is 0.526. The third-order valence-corrected chi connectivity index (χ3v) is 7.38. The maximum absolute atomic E-state index is 14.1. The average molecular weight is 437 g/mol. The minimum absolute atomic E-state index is 0.0298. The predicted molar refractivity (Wildman–Crippen MR) is 122 cm³/mol. The van der Waals surface area contributed by atoms with E-state index in [1.807, 2.05) is 19.9 Å². The highest BCUT2D eigenvalue weighted by Crippen LogP contribution is 2.43. The van der Waals surface area contributed by atoms with E-state index < -0.39 is 20.4 Å². The van der Waals surface area contributed by atoms with Crippen molar-refractivity contribution in [2.24, 2.45) is 16.7 Å². The Morgan fingerprint density at radius 2 is 1.90 bits per heavy atom. The van der Waals surface area contributed by atoms with Gasteiger partial charge in [-0.25, -0.2) is 4.39 Å². The summed E-state index contributed by atoms with van der Waals surface area (Å²) in [5.41, 5.74) is 0.174. The molecule has 0 spiro atoms. The largest absolute Gasteiger partial charge is 0.481 e. The van der Waals surface area contributed by atoms with Crippen molar-refractivity contribution in [3.63, 3.8) is 0 Å². The van der Waals surface area contributed by atoms with Crippen LogP contribution in [0.2, 0.25) is 13.1 Å². The number of aliphatic carboxylic acids is 1. The Morgan fingerprint density at radius 1 is 1.27 bits per heavy atom. The summed E-state index contributed by atoms with van der Waals surface area (Å²) in [7, 11) is -0.926. The first-order valence-electron chi connectivity index (χ1n) is 11.1. The molecule has 0 aliphatic carbocycles. The second kappa shape index (κ2) is 9.92. The molecule has 1 aliphatic rings. The van der Waals surface area contributed by atoms with Crippen LogP contribution in [0.15, 0.2) is 24.3 Å². The minimum Gasteiger partial charge on any atom is -0.481 e. The molecule has 1 aromatic rings. The number of carboxylic acids is 1. The SMILES string of the molecule is CCC(CC)(CN1C[C@H](c2cccc(F)c2)[C@@H](C(O[Si](C)C)C(C)(C)C)C1)C(=O)O. The van der Waals surface area contributed by atoms with Crippen molar-refractivity contribution < 1.29 is 18.7 Å². The lowest BCUT2D eigenvalue weighted by atomic mass is 9.75. The summed E-state index contributed by atoms with van der Waals surface area (Å²) >= 11 is 0. The highest BCUT2D eigenvalue weighted by molar-refractivity contribution is 6.48. The van der Waals surface area contributed by atoms with Crippen molar-refractivity contribution in [1.29, 1.82) is 0 Å². The molecular formula is C24H39FNO3Si. The highest BCUT2D eigenvalue weighted by Gasteiger charge is 2.46. The lowest BCUT2D eigenvalue weighted by molar-refractivity contribution is -0.150. The van der Waals surface area contributed by atoms with Gasteiger partial charge in [0, 0.05) is 31.5 Å². The summed E-state index contributed by atoms with van der Waals surface area (Å²) in [6.07, 6.45) is 1.23. The topological polar surface area (TPSA) is 49.8 Å². The van der Waals surface area contributed by atoms with Gasteiger partial charge in [0.15, 0.2) is 0 Å². The van der Waals surface area contributed by atoms with Crippen LogP contribution < -0.4 is 0 Å². The molecule has 0 aromatic heterocycles.